The first-order chi connectivity index (χ1) is 13.8. The summed E-state index contributed by atoms with van der Waals surface area (Å²) in [5.74, 6) is 0.526. The highest BCUT2D eigenvalue weighted by Crippen LogP contribution is 2.25. The number of nitro groups is 1. The molecule has 8 nitrogen and oxygen atoms in total. The van der Waals surface area contributed by atoms with Crippen LogP contribution in [0, 0.1) is 24.0 Å². The van der Waals surface area contributed by atoms with E-state index in [0.717, 1.165) is 23.4 Å². The highest BCUT2D eigenvalue weighted by molar-refractivity contribution is 7.99. The number of carbonyl (C=O) groups is 1. The first-order valence-corrected chi connectivity index (χ1v) is 9.82. The molecule has 0 unspecified atom stereocenters. The minimum atomic E-state index is -0.583. The molecule has 150 valence electrons. The largest absolute Gasteiger partial charge is 0.484 e. The standard InChI is InChI=1S/C19H16ClN3O5S/c1-11-3-5-14(7-12(11)2)27-9-18-21-22-19(28-18)29-10-17(24)15-8-13(23(25)26)4-6-16(15)20/h3-8H,9-10H2,1-2H3. The van der Waals surface area contributed by atoms with Crippen molar-refractivity contribution in [3.63, 3.8) is 0 Å². The number of benzene rings is 2. The molecule has 0 spiro atoms. The second-order valence-electron chi connectivity index (χ2n) is 6.13. The van der Waals surface area contributed by atoms with E-state index in [2.05, 4.69) is 10.2 Å². The molecule has 1 aromatic heterocycles. The van der Waals surface area contributed by atoms with Crippen LogP contribution in [0.5, 0.6) is 5.75 Å². The SMILES string of the molecule is Cc1ccc(OCc2nnc(SCC(=O)c3cc([N+](=O)[O-])ccc3Cl)o2)cc1C. The van der Waals surface area contributed by atoms with Crippen LogP contribution in [0.4, 0.5) is 5.69 Å². The number of carbonyl (C=O) groups excluding carboxylic acids is 1. The second kappa shape index (κ2) is 9.06. The van der Waals surface area contributed by atoms with E-state index in [1.54, 1.807) is 0 Å². The number of rotatable bonds is 8. The third-order valence-electron chi connectivity index (χ3n) is 4.08. The van der Waals surface area contributed by atoms with Gasteiger partial charge in [0.05, 0.1) is 15.7 Å². The number of thioether (sulfide) groups is 1. The van der Waals surface area contributed by atoms with Gasteiger partial charge in [-0.1, -0.05) is 29.4 Å². The zero-order valence-corrected chi connectivity index (χ0v) is 17.1. The smallest absolute Gasteiger partial charge is 0.277 e. The lowest BCUT2D eigenvalue weighted by Crippen LogP contribution is -2.04. The molecule has 0 aliphatic carbocycles. The number of hydrogen-bond acceptors (Lipinski definition) is 8. The Balaban J connectivity index is 1.57. The van der Waals surface area contributed by atoms with E-state index >= 15 is 0 Å². The average Bonchev–Trinajstić information content (AvgIpc) is 3.15. The summed E-state index contributed by atoms with van der Waals surface area (Å²) in [5, 5.41) is 19.0. The van der Waals surface area contributed by atoms with E-state index in [4.69, 9.17) is 20.8 Å². The van der Waals surface area contributed by atoms with Gasteiger partial charge in [0.1, 0.15) is 5.75 Å². The highest BCUT2D eigenvalue weighted by Gasteiger charge is 2.17. The fourth-order valence-corrected chi connectivity index (χ4v) is 3.24. The van der Waals surface area contributed by atoms with E-state index < -0.39 is 4.92 Å². The zero-order valence-electron chi connectivity index (χ0n) is 15.5. The molecular formula is C19H16ClN3O5S. The number of hydrogen-bond donors (Lipinski definition) is 0. The Morgan fingerprint density at radius 1 is 1.21 bits per heavy atom. The fourth-order valence-electron chi connectivity index (χ4n) is 2.35. The number of nitrogens with zero attached hydrogens (tertiary/aromatic N) is 3. The average molecular weight is 434 g/mol. The number of Topliss-reactive ketones (excluding diaryl/α,β-unsaturated/α-hetero) is 1. The molecule has 0 aliphatic rings. The maximum absolute atomic E-state index is 12.3. The number of aromatic nitrogens is 2. The summed E-state index contributed by atoms with van der Waals surface area (Å²) in [6, 6.07) is 9.46. The first kappa shape index (κ1) is 20.8. The Morgan fingerprint density at radius 2 is 2.00 bits per heavy atom. The van der Waals surface area contributed by atoms with Gasteiger partial charge in [0, 0.05) is 17.7 Å². The monoisotopic (exact) mass is 433 g/mol. The number of halogens is 1. The number of aryl methyl sites for hydroxylation is 2. The van der Waals surface area contributed by atoms with E-state index in [1.807, 2.05) is 32.0 Å². The second-order valence-corrected chi connectivity index (χ2v) is 7.46. The van der Waals surface area contributed by atoms with Crippen molar-refractivity contribution in [1.82, 2.24) is 10.2 Å². The molecule has 0 N–H and O–H groups in total. The van der Waals surface area contributed by atoms with Crippen LogP contribution in [-0.4, -0.2) is 26.7 Å². The lowest BCUT2D eigenvalue weighted by atomic mass is 10.1. The molecule has 1 heterocycles. The molecule has 0 fully saturated rings. The summed E-state index contributed by atoms with van der Waals surface area (Å²) in [5.41, 5.74) is 2.16. The van der Waals surface area contributed by atoms with Crippen molar-refractivity contribution in [1.29, 1.82) is 0 Å². The Hall–Kier alpha value is -2.91. The number of ether oxygens (including phenoxy) is 1. The van der Waals surface area contributed by atoms with Gasteiger partial charge in [0.2, 0.25) is 0 Å². The van der Waals surface area contributed by atoms with Crippen LogP contribution >= 0.6 is 23.4 Å². The van der Waals surface area contributed by atoms with Crippen molar-refractivity contribution in [3.8, 4) is 5.75 Å². The number of ketones is 1. The van der Waals surface area contributed by atoms with Crippen LogP contribution in [0.1, 0.15) is 27.4 Å². The highest BCUT2D eigenvalue weighted by atomic mass is 35.5. The summed E-state index contributed by atoms with van der Waals surface area (Å²) in [7, 11) is 0. The molecule has 29 heavy (non-hydrogen) atoms. The van der Waals surface area contributed by atoms with Gasteiger partial charge in [-0.05, 0) is 43.2 Å². The maximum atomic E-state index is 12.3. The molecule has 0 aliphatic heterocycles. The van der Waals surface area contributed by atoms with Gasteiger partial charge in [-0.3, -0.25) is 14.9 Å². The van der Waals surface area contributed by atoms with Crippen molar-refractivity contribution >= 4 is 34.8 Å². The van der Waals surface area contributed by atoms with Crippen LogP contribution in [0.25, 0.3) is 0 Å². The quantitative estimate of drug-likeness (QED) is 0.215. The lowest BCUT2D eigenvalue weighted by molar-refractivity contribution is -0.384. The summed E-state index contributed by atoms with van der Waals surface area (Å²) in [6.07, 6.45) is 0. The van der Waals surface area contributed by atoms with Gasteiger partial charge in [-0.25, -0.2) is 0 Å². The molecule has 0 radical (unpaired) electrons. The van der Waals surface area contributed by atoms with Gasteiger partial charge < -0.3 is 9.15 Å². The summed E-state index contributed by atoms with van der Waals surface area (Å²) < 4.78 is 11.1. The van der Waals surface area contributed by atoms with E-state index in [1.165, 1.54) is 17.7 Å². The number of non-ortho nitro benzene ring substituents is 1. The van der Waals surface area contributed by atoms with E-state index in [-0.39, 0.29) is 45.5 Å². The third kappa shape index (κ3) is 5.33. The molecular weight excluding hydrogens is 418 g/mol. The van der Waals surface area contributed by atoms with Crippen molar-refractivity contribution in [2.45, 2.75) is 25.7 Å². The Morgan fingerprint density at radius 3 is 2.72 bits per heavy atom. The van der Waals surface area contributed by atoms with Gasteiger partial charge >= 0.3 is 0 Å². The van der Waals surface area contributed by atoms with Crippen LogP contribution < -0.4 is 4.74 Å². The molecule has 10 heteroatoms. The van der Waals surface area contributed by atoms with Crippen LogP contribution in [0.15, 0.2) is 46.0 Å². The van der Waals surface area contributed by atoms with Gasteiger partial charge in [0.15, 0.2) is 12.4 Å². The normalized spacial score (nSPS) is 10.7. The van der Waals surface area contributed by atoms with Gasteiger partial charge in [-0.2, -0.15) is 0 Å². The molecule has 3 rings (SSSR count). The Bertz CT molecular complexity index is 1070. The first-order valence-electron chi connectivity index (χ1n) is 8.46. The summed E-state index contributed by atoms with van der Waals surface area (Å²) >= 11 is 7.00. The molecule has 0 saturated heterocycles. The molecule has 3 aromatic rings. The van der Waals surface area contributed by atoms with Crippen LogP contribution in [0.2, 0.25) is 5.02 Å². The number of nitro benzene ring substituents is 1. The maximum Gasteiger partial charge on any atom is 0.277 e. The molecule has 0 atom stereocenters. The molecule has 0 amide bonds. The Labute approximate surface area is 175 Å². The Kier molecular flexibility index (Phi) is 6.50. The lowest BCUT2D eigenvalue weighted by Gasteiger charge is -2.05. The third-order valence-corrected chi connectivity index (χ3v) is 5.22. The van der Waals surface area contributed by atoms with Crippen molar-refractivity contribution in [2.75, 3.05) is 5.75 Å². The van der Waals surface area contributed by atoms with Crippen molar-refractivity contribution in [3.05, 3.63) is 74.1 Å². The molecule has 2 aromatic carbocycles. The van der Waals surface area contributed by atoms with Crippen LogP contribution in [0.3, 0.4) is 0 Å². The van der Waals surface area contributed by atoms with Gasteiger partial charge in [-0.15, -0.1) is 10.2 Å². The zero-order chi connectivity index (χ0) is 21.0. The van der Waals surface area contributed by atoms with E-state index in [9.17, 15) is 14.9 Å². The topological polar surface area (TPSA) is 108 Å². The predicted molar refractivity (Wildman–Crippen MR) is 108 cm³/mol. The summed E-state index contributed by atoms with van der Waals surface area (Å²) in [6.45, 7) is 4.11. The van der Waals surface area contributed by atoms with Crippen molar-refractivity contribution < 1.29 is 18.9 Å². The molecule has 0 bridgehead atoms. The molecule has 0 saturated carbocycles. The minimum Gasteiger partial charge on any atom is -0.484 e. The fraction of sp³-hybridized carbons (Fsp3) is 0.211. The van der Waals surface area contributed by atoms with Crippen molar-refractivity contribution in [2.24, 2.45) is 0 Å². The minimum absolute atomic E-state index is 0.0550. The van der Waals surface area contributed by atoms with E-state index in [0.29, 0.717) is 5.75 Å². The predicted octanol–water partition coefficient (Wildman–Crippen LogP) is 4.80. The van der Waals surface area contributed by atoms with Crippen LogP contribution in [-0.2, 0) is 6.61 Å². The van der Waals surface area contributed by atoms with Gasteiger partial charge in [0.25, 0.3) is 16.8 Å². The summed E-state index contributed by atoms with van der Waals surface area (Å²) in [4.78, 5) is 22.6.